The molecule has 0 saturated heterocycles. The summed E-state index contributed by atoms with van der Waals surface area (Å²) < 4.78 is 1.73. The molecule has 1 atom stereocenters. The Bertz CT molecular complexity index is 751. The number of amides is 2. The second-order valence-electron chi connectivity index (χ2n) is 6.28. The van der Waals surface area contributed by atoms with Gasteiger partial charge in [0.05, 0.1) is 30.2 Å². The maximum Gasteiger partial charge on any atom is 0.243 e. The Morgan fingerprint density at radius 2 is 2.00 bits per heavy atom. The molecule has 0 radical (unpaired) electrons. The molecule has 0 aliphatic heterocycles. The molecule has 0 spiro atoms. The minimum absolute atomic E-state index is 0.00851. The van der Waals surface area contributed by atoms with E-state index in [1.165, 1.54) is 0 Å². The average Bonchev–Trinajstić information content (AvgIpc) is 2.91. The monoisotopic (exact) mass is 344 g/mol. The second-order valence-corrected chi connectivity index (χ2v) is 6.28. The molecule has 0 fully saturated rings. The van der Waals surface area contributed by atoms with Crippen molar-refractivity contribution in [1.82, 2.24) is 20.1 Å². The van der Waals surface area contributed by atoms with Crippen molar-refractivity contribution >= 4 is 17.5 Å². The van der Waals surface area contributed by atoms with Crippen LogP contribution in [-0.2, 0) is 9.59 Å². The summed E-state index contributed by atoms with van der Waals surface area (Å²) in [7, 11) is 0. The average molecular weight is 344 g/mol. The van der Waals surface area contributed by atoms with Gasteiger partial charge in [-0.2, -0.15) is 5.10 Å². The molecule has 0 bridgehead atoms. The van der Waals surface area contributed by atoms with E-state index in [1.807, 2.05) is 33.8 Å². The summed E-state index contributed by atoms with van der Waals surface area (Å²) in [5.41, 5.74) is 8.15. The van der Waals surface area contributed by atoms with E-state index in [0.717, 1.165) is 11.4 Å². The lowest BCUT2D eigenvalue weighted by molar-refractivity contribution is -0.125. The number of nitrogens with zero attached hydrogens (tertiary/aromatic N) is 3. The van der Waals surface area contributed by atoms with Gasteiger partial charge in [-0.05, 0) is 38.0 Å². The van der Waals surface area contributed by atoms with E-state index in [-0.39, 0.29) is 24.3 Å². The highest BCUT2D eigenvalue weighted by molar-refractivity contribution is 5.95. The lowest BCUT2D eigenvalue weighted by Crippen LogP contribution is -2.46. The smallest absolute Gasteiger partial charge is 0.243 e. The molecule has 2 rings (SSSR count). The van der Waals surface area contributed by atoms with Gasteiger partial charge in [0.1, 0.15) is 0 Å². The molecule has 0 aliphatic carbocycles. The van der Waals surface area contributed by atoms with Crippen molar-refractivity contribution in [2.75, 3.05) is 11.9 Å². The number of nitrogens with one attached hydrogen (secondary N) is 2. The Morgan fingerprint density at radius 3 is 2.52 bits per heavy atom. The minimum Gasteiger partial charge on any atom is -0.346 e. The van der Waals surface area contributed by atoms with Gasteiger partial charge in [0, 0.05) is 5.69 Å². The normalized spacial score (nSPS) is 12.1. The summed E-state index contributed by atoms with van der Waals surface area (Å²) in [6.07, 6.45) is 1.55. The van der Waals surface area contributed by atoms with Gasteiger partial charge in [-0.15, -0.1) is 0 Å². The fourth-order valence-electron chi connectivity index (χ4n) is 2.24. The molecule has 0 unspecified atom stereocenters. The maximum atomic E-state index is 11.9. The molecule has 0 aromatic carbocycles. The zero-order valence-corrected chi connectivity index (χ0v) is 14.9. The summed E-state index contributed by atoms with van der Waals surface area (Å²) in [5.74, 6) is -0.0119. The van der Waals surface area contributed by atoms with Crippen LogP contribution in [0.1, 0.15) is 25.2 Å². The number of carbonyl (C=O) groups is 2. The van der Waals surface area contributed by atoms with E-state index in [4.69, 9.17) is 5.73 Å². The van der Waals surface area contributed by atoms with Crippen LogP contribution >= 0.6 is 0 Å². The van der Waals surface area contributed by atoms with Gasteiger partial charge in [-0.3, -0.25) is 9.59 Å². The van der Waals surface area contributed by atoms with Gasteiger partial charge in [0.2, 0.25) is 11.8 Å². The highest BCUT2D eigenvalue weighted by Gasteiger charge is 2.17. The third kappa shape index (κ3) is 4.87. The quantitative estimate of drug-likeness (QED) is 0.721. The second kappa shape index (κ2) is 7.89. The Kier molecular flexibility index (Phi) is 5.87. The summed E-state index contributed by atoms with van der Waals surface area (Å²) >= 11 is 0. The fourth-order valence-corrected chi connectivity index (χ4v) is 2.24. The van der Waals surface area contributed by atoms with E-state index < -0.39 is 6.04 Å². The van der Waals surface area contributed by atoms with Crippen LogP contribution in [-0.4, -0.2) is 39.2 Å². The molecular formula is C17H24N6O2. The van der Waals surface area contributed by atoms with Crippen molar-refractivity contribution in [1.29, 1.82) is 0 Å². The van der Waals surface area contributed by atoms with Crippen molar-refractivity contribution in [3.8, 4) is 5.82 Å². The van der Waals surface area contributed by atoms with Crippen LogP contribution in [0.5, 0.6) is 0 Å². The number of aromatic nitrogens is 3. The molecule has 2 aromatic heterocycles. The van der Waals surface area contributed by atoms with Gasteiger partial charge in [0.25, 0.3) is 0 Å². The molecule has 2 aromatic rings. The third-order valence-electron chi connectivity index (χ3n) is 3.70. The summed E-state index contributed by atoms with van der Waals surface area (Å²) in [6, 6.07) is 4.83. The van der Waals surface area contributed by atoms with Gasteiger partial charge in [-0.25, -0.2) is 9.67 Å². The van der Waals surface area contributed by atoms with E-state index >= 15 is 0 Å². The number of rotatable bonds is 6. The van der Waals surface area contributed by atoms with Gasteiger partial charge in [0.15, 0.2) is 5.82 Å². The fraction of sp³-hybridized carbons (Fsp3) is 0.412. The first-order chi connectivity index (χ1) is 11.8. The summed E-state index contributed by atoms with van der Waals surface area (Å²) in [6.45, 7) is 7.42. The number of hydrogen-bond acceptors (Lipinski definition) is 5. The van der Waals surface area contributed by atoms with Gasteiger partial charge in [-0.1, -0.05) is 13.8 Å². The van der Waals surface area contributed by atoms with Crippen LogP contribution in [0.2, 0.25) is 0 Å². The molecule has 4 N–H and O–H groups in total. The Morgan fingerprint density at radius 1 is 1.28 bits per heavy atom. The van der Waals surface area contributed by atoms with Crippen LogP contribution in [0, 0.1) is 19.8 Å². The Hall–Kier alpha value is -2.74. The van der Waals surface area contributed by atoms with Crippen molar-refractivity contribution in [2.45, 2.75) is 33.7 Å². The maximum absolute atomic E-state index is 11.9. The Labute approximate surface area is 146 Å². The third-order valence-corrected chi connectivity index (χ3v) is 3.70. The number of aryl methyl sites for hydroxylation is 2. The van der Waals surface area contributed by atoms with Crippen molar-refractivity contribution in [3.05, 3.63) is 35.8 Å². The van der Waals surface area contributed by atoms with Crippen LogP contribution in [0.4, 0.5) is 5.69 Å². The molecule has 8 heteroatoms. The molecular weight excluding hydrogens is 320 g/mol. The molecule has 25 heavy (non-hydrogen) atoms. The van der Waals surface area contributed by atoms with Crippen molar-refractivity contribution in [3.63, 3.8) is 0 Å². The van der Waals surface area contributed by atoms with Crippen LogP contribution in [0.15, 0.2) is 24.4 Å². The lowest BCUT2D eigenvalue weighted by Gasteiger charge is -2.15. The first-order valence-corrected chi connectivity index (χ1v) is 8.10. The number of pyridine rings is 1. The first kappa shape index (κ1) is 18.6. The number of carbonyl (C=O) groups excluding carboxylic acids is 2. The van der Waals surface area contributed by atoms with Gasteiger partial charge < -0.3 is 16.4 Å². The zero-order chi connectivity index (χ0) is 18.6. The van der Waals surface area contributed by atoms with E-state index in [2.05, 4.69) is 20.7 Å². The SMILES string of the molecule is Cc1cc(C)n(-c2ccc(NC(=O)CNC(=O)[C@@H](N)C(C)C)cn2)n1. The Balaban J connectivity index is 1.91. The largest absolute Gasteiger partial charge is 0.346 e. The lowest BCUT2D eigenvalue weighted by atomic mass is 10.1. The summed E-state index contributed by atoms with van der Waals surface area (Å²) in [5, 5.41) is 9.56. The molecule has 0 aliphatic rings. The van der Waals surface area contributed by atoms with Crippen molar-refractivity contribution in [2.24, 2.45) is 11.7 Å². The van der Waals surface area contributed by atoms with Gasteiger partial charge >= 0.3 is 0 Å². The molecule has 0 saturated carbocycles. The molecule has 8 nitrogen and oxygen atoms in total. The van der Waals surface area contributed by atoms with E-state index in [0.29, 0.717) is 11.5 Å². The summed E-state index contributed by atoms with van der Waals surface area (Å²) in [4.78, 5) is 27.9. The number of anilines is 1. The standard InChI is InChI=1S/C17H24N6O2/c1-10(2)16(18)17(25)20-9-15(24)21-13-5-6-14(19-8-13)23-12(4)7-11(3)22-23/h5-8,10,16H,9,18H2,1-4H3,(H,20,25)(H,21,24)/t16-/m0/s1. The van der Waals surface area contributed by atoms with Crippen LogP contribution in [0.3, 0.4) is 0 Å². The zero-order valence-electron chi connectivity index (χ0n) is 14.9. The van der Waals surface area contributed by atoms with E-state index in [1.54, 1.807) is 23.0 Å². The van der Waals surface area contributed by atoms with Crippen LogP contribution < -0.4 is 16.4 Å². The minimum atomic E-state index is -0.630. The topological polar surface area (TPSA) is 115 Å². The van der Waals surface area contributed by atoms with E-state index in [9.17, 15) is 9.59 Å². The van der Waals surface area contributed by atoms with Crippen LogP contribution in [0.25, 0.3) is 5.82 Å². The molecule has 2 amide bonds. The highest BCUT2D eigenvalue weighted by atomic mass is 16.2. The molecule has 2 heterocycles. The number of nitrogens with two attached hydrogens (primary N) is 1. The predicted octanol–water partition coefficient (Wildman–Crippen LogP) is 0.922. The molecule has 134 valence electrons. The van der Waals surface area contributed by atoms with Crippen molar-refractivity contribution < 1.29 is 9.59 Å². The number of hydrogen-bond donors (Lipinski definition) is 3. The first-order valence-electron chi connectivity index (χ1n) is 8.10. The highest BCUT2D eigenvalue weighted by Crippen LogP contribution is 2.12. The predicted molar refractivity (Wildman–Crippen MR) is 95.3 cm³/mol.